The van der Waals surface area contributed by atoms with Gasteiger partial charge in [0, 0.05) is 5.92 Å². The zero-order valence-corrected chi connectivity index (χ0v) is 18.2. The van der Waals surface area contributed by atoms with Crippen molar-refractivity contribution in [3.63, 3.8) is 0 Å². The van der Waals surface area contributed by atoms with Crippen LogP contribution < -0.4 is 0 Å². The van der Waals surface area contributed by atoms with Gasteiger partial charge in [-0.3, -0.25) is 0 Å². The zero-order valence-electron chi connectivity index (χ0n) is 18.2. The standard InChI is InChI=1S/C24H43NO2/c1-5-6-13-24(2,27)14-10-12-21-22-17-19(16-20(22)18-23(21)26)11-8-7-9-15-25(3)4/h10,12,16,20-23,26-27H,5-9,11,13-15,17-18H2,1-4H3/b12-10+/t20-,21+,22-,23+,24-/m0/s1. The minimum atomic E-state index is -0.610. The van der Waals surface area contributed by atoms with Gasteiger partial charge in [0.15, 0.2) is 0 Å². The molecule has 0 spiro atoms. The van der Waals surface area contributed by atoms with E-state index in [1.165, 1.54) is 32.2 Å². The molecular formula is C24H43NO2. The van der Waals surface area contributed by atoms with Gasteiger partial charge < -0.3 is 15.1 Å². The van der Waals surface area contributed by atoms with Gasteiger partial charge in [0.2, 0.25) is 0 Å². The Morgan fingerprint density at radius 1 is 1.22 bits per heavy atom. The lowest BCUT2D eigenvalue weighted by Gasteiger charge is -2.22. The lowest BCUT2D eigenvalue weighted by atomic mass is 9.87. The van der Waals surface area contributed by atoms with Crippen LogP contribution in [0.1, 0.15) is 78.1 Å². The first kappa shape index (κ1) is 22.6. The molecule has 1 fully saturated rings. The summed E-state index contributed by atoms with van der Waals surface area (Å²) in [5.74, 6) is 1.40. The summed E-state index contributed by atoms with van der Waals surface area (Å²) >= 11 is 0. The highest BCUT2D eigenvalue weighted by Crippen LogP contribution is 2.48. The molecule has 0 amide bonds. The van der Waals surface area contributed by atoms with E-state index < -0.39 is 5.60 Å². The first-order valence-corrected chi connectivity index (χ1v) is 11.2. The van der Waals surface area contributed by atoms with E-state index in [0.29, 0.717) is 18.3 Å². The van der Waals surface area contributed by atoms with E-state index in [1.54, 1.807) is 5.57 Å². The van der Waals surface area contributed by atoms with Gasteiger partial charge in [-0.1, -0.05) is 50.0 Å². The first-order chi connectivity index (χ1) is 12.8. The van der Waals surface area contributed by atoms with Crippen LogP contribution in [0.3, 0.4) is 0 Å². The molecule has 27 heavy (non-hydrogen) atoms. The number of hydrogen-bond donors (Lipinski definition) is 2. The van der Waals surface area contributed by atoms with Crippen LogP contribution in [0, 0.1) is 17.8 Å². The number of nitrogens with zero attached hydrogens (tertiary/aromatic N) is 1. The number of fused-ring (bicyclic) bond motifs is 1. The second-order valence-corrected chi connectivity index (χ2v) is 9.58. The van der Waals surface area contributed by atoms with Gasteiger partial charge in [0.25, 0.3) is 0 Å². The van der Waals surface area contributed by atoms with Crippen LogP contribution in [-0.4, -0.2) is 47.5 Å². The fourth-order valence-electron chi connectivity index (χ4n) is 4.89. The minimum Gasteiger partial charge on any atom is -0.392 e. The number of hydrogen-bond acceptors (Lipinski definition) is 3. The molecule has 3 heteroatoms. The number of rotatable bonds is 12. The van der Waals surface area contributed by atoms with Crippen LogP contribution in [-0.2, 0) is 0 Å². The summed E-state index contributed by atoms with van der Waals surface area (Å²) in [7, 11) is 4.28. The Balaban J connectivity index is 1.77. The molecule has 1 saturated carbocycles. The Morgan fingerprint density at radius 3 is 2.70 bits per heavy atom. The van der Waals surface area contributed by atoms with Gasteiger partial charge in [-0.15, -0.1) is 0 Å². The fourth-order valence-corrected chi connectivity index (χ4v) is 4.89. The maximum absolute atomic E-state index is 10.5. The van der Waals surface area contributed by atoms with Gasteiger partial charge in [-0.25, -0.2) is 0 Å². The second kappa shape index (κ2) is 10.8. The molecule has 2 aliphatic carbocycles. The topological polar surface area (TPSA) is 43.7 Å². The van der Waals surface area contributed by atoms with Crippen LogP contribution >= 0.6 is 0 Å². The van der Waals surface area contributed by atoms with Crippen molar-refractivity contribution < 1.29 is 10.2 Å². The summed E-state index contributed by atoms with van der Waals surface area (Å²) in [5.41, 5.74) is 1.01. The second-order valence-electron chi connectivity index (χ2n) is 9.58. The molecule has 156 valence electrons. The highest BCUT2D eigenvalue weighted by atomic mass is 16.3. The molecule has 2 aliphatic rings. The Hall–Kier alpha value is -0.640. The predicted octanol–water partition coefficient (Wildman–Crippen LogP) is 4.94. The van der Waals surface area contributed by atoms with E-state index in [9.17, 15) is 10.2 Å². The summed E-state index contributed by atoms with van der Waals surface area (Å²) in [6.07, 6.45) is 17.5. The van der Waals surface area contributed by atoms with Crippen LogP contribution in [0.2, 0.25) is 0 Å². The van der Waals surface area contributed by atoms with Crippen molar-refractivity contribution in [3.05, 3.63) is 23.8 Å². The maximum atomic E-state index is 10.5. The smallest absolute Gasteiger partial charge is 0.0654 e. The molecule has 0 aromatic rings. The molecule has 0 bridgehead atoms. The van der Waals surface area contributed by atoms with Crippen LogP contribution in [0.5, 0.6) is 0 Å². The first-order valence-electron chi connectivity index (χ1n) is 11.2. The summed E-state index contributed by atoms with van der Waals surface area (Å²) in [4.78, 5) is 2.26. The average molecular weight is 378 g/mol. The van der Waals surface area contributed by atoms with E-state index in [-0.39, 0.29) is 12.0 Å². The Kier molecular flexibility index (Phi) is 9.04. The van der Waals surface area contributed by atoms with E-state index in [4.69, 9.17) is 0 Å². The van der Waals surface area contributed by atoms with E-state index >= 15 is 0 Å². The van der Waals surface area contributed by atoms with Crippen molar-refractivity contribution in [1.82, 2.24) is 4.90 Å². The fraction of sp³-hybridized carbons (Fsp3) is 0.833. The highest BCUT2D eigenvalue weighted by Gasteiger charge is 2.43. The molecule has 0 radical (unpaired) electrons. The normalized spacial score (nSPS) is 30.1. The SMILES string of the molecule is CCCC[C@](C)(O)C/C=C/[C@@H]1[C@H]2CC(CCCCCN(C)C)=C[C@H]2C[C@H]1O. The van der Waals surface area contributed by atoms with E-state index in [0.717, 1.165) is 32.1 Å². The molecule has 0 heterocycles. The zero-order chi connectivity index (χ0) is 19.9. The van der Waals surface area contributed by atoms with Crippen molar-refractivity contribution in [2.24, 2.45) is 17.8 Å². The van der Waals surface area contributed by atoms with E-state index in [1.807, 2.05) is 6.92 Å². The summed E-state index contributed by atoms with van der Waals surface area (Å²) in [6.45, 7) is 5.28. The van der Waals surface area contributed by atoms with Gasteiger partial charge in [-0.05, 0) is 84.3 Å². The van der Waals surface area contributed by atoms with Gasteiger partial charge >= 0.3 is 0 Å². The lowest BCUT2D eigenvalue weighted by molar-refractivity contribution is 0.0513. The quantitative estimate of drug-likeness (QED) is 0.374. The number of allylic oxidation sites excluding steroid dienone is 2. The summed E-state index contributed by atoms with van der Waals surface area (Å²) in [6, 6.07) is 0. The highest BCUT2D eigenvalue weighted by molar-refractivity contribution is 5.20. The molecule has 0 aromatic carbocycles. The van der Waals surface area contributed by atoms with Gasteiger partial charge in [0.05, 0.1) is 11.7 Å². The predicted molar refractivity (Wildman–Crippen MR) is 115 cm³/mol. The molecule has 2 rings (SSSR count). The van der Waals surface area contributed by atoms with Crippen LogP contribution in [0.4, 0.5) is 0 Å². The number of aliphatic hydroxyl groups excluding tert-OH is 1. The van der Waals surface area contributed by atoms with Crippen molar-refractivity contribution in [1.29, 1.82) is 0 Å². The monoisotopic (exact) mass is 377 g/mol. The maximum Gasteiger partial charge on any atom is 0.0654 e. The van der Waals surface area contributed by atoms with Crippen molar-refractivity contribution in [2.75, 3.05) is 20.6 Å². The van der Waals surface area contributed by atoms with Gasteiger partial charge in [0.1, 0.15) is 0 Å². The number of aliphatic hydroxyl groups is 2. The molecule has 0 unspecified atom stereocenters. The Bertz CT molecular complexity index is 495. The summed E-state index contributed by atoms with van der Waals surface area (Å²) < 4.78 is 0. The van der Waals surface area contributed by atoms with Crippen molar-refractivity contribution in [2.45, 2.75) is 89.8 Å². The van der Waals surface area contributed by atoms with Crippen LogP contribution in [0.15, 0.2) is 23.8 Å². The molecule has 5 atom stereocenters. The van der Waals surface area contributed by atoms with Crippen LogP contribution in [0.25, 0.3) is 0 Å². The molecule has 0 aliphatic heterocycles. The molecule has 2 N–H and O–H groups in total. The average Bonchev–Trinajstić information content (AvgIpc) is 3.10. The third kappa shape index (κ3) is 7.36. The largest absolute Gasteiger partial charge is 0.392 e. The van der Waals surface area contributed by atoms with E-state index in [2.05, 4.69) is 44.1 Å². The third-order valence-corrected chi connectivity index (χ3v) is 6.54. The molecule has 0 saturated heterocycles. The number of unbranched alkanes of at least 4 members (excludes halogenated alkanes) is 3. The van der Waals surface area contributed by atoms with Crippen molar-refractivity contribution in [3.8, 4) is 0 Å². The third-order valence-electron chi connectivity index (χ3n) is 6.54. The molecule has 3 nitrogen and oxygen atoms in total. The molecular weight excluding hydrogens is 334 g/mol. The summed E-state index contributed by atoms with van der Waals surface area (Å²) in [5, 5.41) is 21.0. The van der Waals surface area contributed by atoms with Crippen molar-refractivity contribution >= 4 is 0 Å². The minimum absolute atomic E-state index is 0.213. The Morgan fingerprint density at radius 2 is 2.00 bits per heavy atom. The Labute approximate surface area is 167 Å². The van der Waals surface area contributed by atoms with Gasteiger partial charge in [-0.2, -0.15) is 0 Å². The molecule has 0 aromatic heterocycles. The lowest BCUT2D eigenvalue weighted by Crippen LogP contribution is -2.23.